The minimum absolute atomic E-state index is 0.175. The molecular formula is C16H19N3O2S. The number of amides is 1. The molecule has 2 heterocycles. The zero-order valence-corrected chi connectivity index (χ0v) is 13.6. The van der Waals surface area contributed by atoms with Crippen LogP contribution in [0.25, 0.3) is 0 Å². The van der Waals surface area contributed by atoms with Crippen LogP contribution in [-0.4, -0.2) is 27.8 Å². The number of pyridine rings is 1. The van der Waals surface area contributed by atoms with Gasteiger partial charge in [0.1, 0.15) is 10.6 Å². The van der Waals surface area contributed by atoms with Gasteiger partial charge >= 0.3 is 0 Å². The van der Waals surface area contributed by atoms with E-state index in [4.69, 9.17) is 0 Å². The van der Waals surface area contributed by atoms with Crippen LogP contribution in [0.3, 0.4) is 0 Å². The number of aryl methyl sites for hydroxylation is 3. The number of hydrogen-bond acceptors (Lipinski definition) is 4. The first-order chi connectivity index (χ1) is 10.5. The summed E-state index contributed by atoms with van der Waals surface area (Å²) in [6.45, 7) is 2.24. The Bertz CT molecular complexity index is 739. The predicted molar refractivity (Wildman–Crippen MR) is 86.4 cm³/mol. The second-order valence-corrected chi connectivity index (χ2v) is 6.90. The van der Waals surface area contributed by atoms with E-state index in [1.807, 2.05) is 0 Å². The number of carbonyl (C=O) groups excluding carboxylic acids is 1. The number of carbonyl (C=O) groups is 1. The molecule has 1 N–H and O–H groups in total. The topological polar surface area (TPSA) is 66.1 Å². The van der Waals surface area contributed by atoms with Gasteiger partial charge in [-0.2, -0.15) is 0 Å². The largest absolute Gasteiger partial charge is 0.335 e. The molecule has 0 fully saturated rings. The third-order valence-electron chi connectivity index (χ3n) is 3.89. The number of aromatic amines is 1. The lowest BCUT2D eigenvalue weighted by Gasteiger charge is -2.15. The van der Waals surface area contributed by atoms with E-state index in [0.717, 1.165) is 23.5 Å². The van der Waals surface area contributed by atoms with E-state index in [0.29, 0.717) is 6.54 Å². The molecule has 2 aromatic heterocycles. The van der Waals surface area contributed by atoms with Crippen LogP contribution in [0.1, 0.15) is 44.5 Å². The molecular weight excluding hydrogens is 298 g/mol. The molecule has 0 radical (unpaired) electrons. The van der Waals surface area contributed by atoms with Crippen LogP contribution in [0.15, 0.2) is 16.9 Å². The van der Waals surface area contributed by atoms with Crippen LogP contribution in [0.2, 0.25) is 0 Å². The molecule has 0 saturated carbocycles. The van der Waals surface area contributed by atoms with Gasteiger partial charge < -0.3 is 9.88 Å². The van der Waals surface area contributed by atoms with E-state index in [9.17, 15) is 9.59 Å². The molecule has 1 amide bonds. The Morgan fingerprint density at radius 3 is 2.86 bits per heavy atom. The molecule has 0 bridgehead atoms. The van der Waals surface area contributed by atoms with Gasteiger partial charge in [0.15, 0.2) is 0 Å². The highest BCUT2D eigenvalue weighted by Crippen LogP contribution is 2.27. The van der Waals surface area contributed by atoms with Crippen molar-refractivity contribution in [3.8, 4) is 0 Å². The molecule has 0 aliphatic heterocycles. The summed E-state index contributed by atoms with van der Waals surface area (Å²) < 4.78 is 0. The lowest BCUT2D eigenvalue weighted by atomic mass is 10.0. The SMILES string of the molecule is Cc1ccc(C(=O)N(C)Cc2nc3c(s2)CCCC3)c(=O)[nH]1. The molecule has 3 rings (SSSR count). The molecule has 2 aromatic rings. The van der Waals surface area contributed by atoms with Crippen LogP contribution in [0.5, 0.6) is 0 Å². The van der Waals surface area contributed by atoms with Gasteiger partial charge in [-0.05, 0) is 44.7 Å². The number of thiazole rings is 1. The van der Waals surface area contributed by atoms with Crippen LogP contribution in [-0.2, 0) is 19.4 Å². The van der Waals surface area contributed by atoms with E-state index in [1.165, 1.54) is 23.4 Å². The maximum Gasteiger partial charge on any atom is 0.260 e. The molecule has 0 unspecified atom stereocenters. The fraction of sp³-hybridized carbons (Fsp3) is 0.438. The van der Waals surface area contributed by atoms with Crippen molar-refractivity contribution in [3.05, 3.63) is 49.3 Å². The lowest BCUT2D eigenvalue weighted by molar-refractivity contribution is 0.0783. The third-order valence-corrected chi connectivity index (χ3v) is 5.04. The summed E-state index contributed by atoms with van der Waals surface area (Å²) >= 11 is 1.69. The Morgan fingerprint density at radius 1 is 1.36 bits per heavy atom. The molecule has 22 heavy (non-hydrogen) atoms. The number of nitrogens with one attached hydrogen (secondary N) is 1. The fourth-order valence-corrected chi connectivity index (χ4v) is 3.90. The van der Waals surface area contributed by atoms with Crippen molar-refractivity contribution in [3.63, 3.8) is 0 Å². The van der Waals surface area contributed by atoms with E-state index < -0.39 is 0 Å². The Balaban J connectivity index is 1.76. The summed E-state index contributed by atoms with van der Waals surface area (Å²) in [6, 6.07) is 3.32. The maximum absolute atomic E-state index is 12.4. The van der Waals surface area contributed by atoms with Crippen molar-refractivity contribution in [2.75, 3.05) is 7.05 Å². The zero-order valence-electron chi connectivity index (χ0n) is 12.8. The number of rotatable bonds is 3. The Labute approximate surface area is 133 Å². The molecule has 1 aliphatic rings. The Hall–Kier alpha value is -1.95. The van der Waals surface area contributed by atoms with Crippen molar-refractivity contribution < 1.29 is 4.79 Å². The minimum Gasteiger partial charge on any atom is -0.335 e. The number of nitrogens with zero attached hydrogens (tertiary/aromatic N) is 2. The van der Waals surface area contributed by atoms with Gasteiger partial charge in [0.2, 0.25) is 0 Å². The highest BCUT2D eigenvalue weighted by atomic mass is 32.1. The average molecular weight is 317 g/mol. The zero-order chi connectivity index (χ0) is 15.7. The second-order valence-electron chi connectivity index (χ2n) is 5.73. The first kappa shape index (κ1) is 15.0. The van der Waals surface area contributed by atoms with Gasteiger partial charge in [-0.25, -0.2) is 4.98 Å². The summed E-state index contributed by atoms with van der Waals surface area (Å²) in [5.41, 5.74) is 1.78. The van der Waals surface area contributed by atoms with Crippen LogP contribution < -0.4 is 5.56 Å². The highest BCUT2D eigenvalue weighted by molar-refractivity contribution is 7.11. The molecule has 0 aromatic carbocycles. The van der Waals surface area contributed by atoms with Gasteiger partial charge in [0, 0.05) is 17.6 Å². The normalized spacial score (nSPS) is 13.7. The van der Waals surface area contributed by atoms with Gasteiger partial charge in [-0.3, -0.25) is 9.59 Å². The molecule has 1 aliphatic carbocycles. The first-order valence-corrected chi connectivity index (χ1v) is 8.29. The monoisotopic (exact) mass is 317 g/mol. The molecule has 116 valence electrons. The Morgan fingerprint density at radius 2 is 2.14 bits per heavy atom. The average Bonchev–Trinajstić information content (AvgIpc) is 2.88. The van der Waals surface area contributed by atoms with E-state index >= 15 is 0 Å². The van der Waals surface area contributed by atoms with E-state index in [2.05, 4.69) is 9.97 Å². The highest BCUT2D eigenvalue weighted by Gasteiger charge is 2.19. The van der Waals surface area contributed by atoms with Gasteiger partial charge in [0.25, 0.3) is 11.5 Å². The second kappa shape index (κ2) is 6.04. The number of fused-ring (bicyclic) bond motifs is 1. The van der Waals surface area contributed by atoms with Crippen molar-refractivity contribution in [1.82, 2.24) is 14.9 Å². The Kier molecular flexibility index (Phi) is 4.11. The molecule has 0 saturated heterocycles. The summed E-state index contributed by atoms with van der Waals surface area (Å²) in [7, 11) is 1.71. The van der Waals surface area contributed by atoms with Crippen molar-refractivity contribution in [2.24, 2.45) is 0 Å². The van der Waals surface area contributed by atoms with Gasteiger partial charge in [-0.1, -0.05) is 0 Å². The first-order valence-electron chi connectivity index (χ1n) is 7.47. The van der Waals surface area contributed by atoms with Crippen molar-refractivity contribution >= 4 is 17.2 Å². The minimum atomic E-state index is -0.338. The van der Waals surface area contributed by atoms with E-state index in [1.54, 1.807) is 42.3 Å². The van der Waals surface area contributed by atoms with Crippen molar-refractivity contribution in [1.29, 1.82) is 0 Å². The number of aromatic nitrogens is 2. The lowest BCUT2D eigenvalue weighted by Crippen LogP contribution is -2.31. The summed E-state index contributed by atoms with van der Waals surface area (Å²) in [5.74, 6) is -0.269. The van der Waals surface area contributed by atoms with Gasteiger partial charge in [0.05, 0.1) is 12.2 Å². The third kappa shape index (κ3) is 2.97. The summed E-state index contributed by atoms with van der Waals surface area (Å²) in [5, 5.41) is 0.950. The van der Waals surface area contributed by atoms with E-state index in [-0.39, 0.29) is 17.0 Å². The fourth-order valence-electron chi connectivity index (χ4n) is 2.69. The van der Waals surface area contributed by atoms with Gasteiger partial charge in [-0.15, -0.1) is 11.3 Å². The van der Waals surface area contributed by atoms with Crippen molar-refractivity contribution in [2.45, 2.75) is 39.2 Å². The summed E-state index contributed by atoms with van der Waals surface area (Å²) in [6.07, 6.45) is 4.56. The smallest absolute Gasteiger partial charge is 0.260 e. The van der Waals surface area contributed by atoms with Crippen LogP contribution in [0.4, 0.5) is 0 Å². The number of H-pyrrole nitrogens is 1. The molecule has 6 heteroatoms. The summed E-state index contributed by atoms with van der Waals surface area (Å²) in [4.78, 5) is 34.5. The molecule has 0 atom stereocenters. The predicted octanol–water partition coefficient (Wildman–Crippen LogP) is 2.29. The maximum atomic E-state index is 12.4. The number of hydrogen-bond donors (Lipinski definition) is 1. The van der Waals surface area contributed by atoms with Crippen LogP contribution in [0, 0.1) is 6.92 Å². The molecule has 0 spiro atoms. The standard InChI is InChI=1S/C16H19N3O2S/c1-10-7-8-11(15(20)17-10)16(21)19(2)9-14-18-12-5-3-4-6-13(12)22-14/h7-8H,3-6,9H2,1-2H3,(H,17,20). The quantitative estimate of drug-likeness (QED) is 0.944. The molecule has 5 nitrogen and oxygen atoms in total. The van der Waals surface area contributed by atoms with Crippen LogP contribution >= 0.6 is 11.3 Å².